The summed E-state index contributed by atoms with van der Waals surface area (Å²) in [6.07, 6.45) is 4.47. The maximum atomic E-state index is 12.0. The van der Waals surface area contributed by atoms with E-state index in [0.29, 0.717) is 12.3 Å². The Hall–Kier alpha value is -2.67. The van der Waals surface area contributed by atoms with E-state index >= 15 is 0 Å². The summed E-state index contributed by atoms with van der Waals surface area (Å²) in [7, 11) is 0. The minimum absolute atomic E-state index is 0.114. The first-order chi connectivity index (χ1) is 12.2. The van der Waals surface area contributed by atoms with Crippen molar-refractivity contribution < 1.29 is 9.21 Å². The maximum absolute atomic E-state index is 12.0. The second-order valence-electron chi connectivity index (χ2n) is 5.46. The van der Waals surface area contributed by atoms with Gasteiger partial charge in [0.05, 0.1) is 0 Å². The molecule has 0 saturated heterocycles. The van der Waals surface area contributed by atoms with E-state index in [1.54, 1.807) is 36.3 Å². The van der Waals surface area contributed by atoms with Crippen LogP contribution < -0.4 is 5.32 Å². The number of hydrogen-bond donors (Lipinski definition) is 1. The zero-order chi connectivity index (χ0) is 17.5. The van der Waals surface area contributed by atoms with Crippen molar-refractivity contribution in [1.29, 1.82) is 0 Å². The van der Waals surface area contributed by atoms with Crippen molar-refractivity contribution in [3.63, 3.8) is 0 Å². The topological polar surface area (TPSA) is 80.9 Å². The highest BCUT2D eigenvalue weighted by atomic mass is 32.2. The van der Waals surface area contributed by atoms with Gasteiger partial charge in [-0.25, -0.2) is 0 Å². The summed E-state index contributed by atoms with van der Waals surface area (Å²) in [5.74, 6) is 1.10. The monoisotopic (exact) mass is 354 g/mol. The molecule has 0 fully saturated rings. The van der Waals surface area contributed by atoms with Gasteiger partial charge in [0.15, 0.2) is 0 Å². The predicted molar refractivity (Wildman–Crippen MR) is 97.3 cm³/mol. The third kappa shape index (κ3) is 5.15. The molecule has 0 radical (unpaired) electrons. The number of nitrogens with zero attached hydrogens (tertiary/aromatic N) is 3. The van der Waals surface area contributed by atoms with Gasteiger partial charge < -0.3 is 4.42 Å². The Morgan fingerprint density at radius 2 is 1.88 bits per heavy atom. The van der Waals surface area contributed by atoms with E-state index in [1.165, 1.54) is 10.5 Å². The van der Waals surface area contributed by atoms with E-state index in [2.05, 4.69) is 51.7 Å². The molecule has 1 amide bonds. The van der Waals surface area contributed by atoms with Gasteiger partial charge >= 0.3 is 6.01 Å². The summed E-state index contributed by atoms with van der Waals surface area (Å²) in [6.45, 7) is 2.07. The largest absolute Gasteiger partial charge is 0.403 e. The molecule has 0 bridgehead atoms. The SMILES string of the molecule is Cc1ccc(SCCCC(=O)Nc2nnc(-c3ccncc3)o2)cc1. The number of benzene rings is 1. The first-order valence-electron chi connectivity index (χ1n) is 7.94. The molecule has 128 valence electrons. The Labute approximate surface area is 150 Å². The Morgan fingerprint density at radius 1 is 1.12 bits per heavy atom. The van der Waals surface area contributed by atoms with Gasteiger partial charge in [-0.1, -0.05) is 22.8 Å². The number of carbonyl (C=O) groups is 1. The van der Waals surface area contributed by atoms with E-state index in [0.717, 1.165) is 17.7 Å². The normalized spacial score (nSPS) is 10.6. The minimum Gasteiger partial charge on any atom is -0.403 e. The minimum atomic E-state index is -0.130. The average Bonchev–Trinajstić information content (AvgIpc) is 3.09. The summed E-state index contributed by atoms with van der Waals surface area (Å²) in [6, 6.07) is 12.0. The van der Waals surface area contributed by atoms with Crippen LogP contribution in [0.2, 0.25) is 0 Å². The van der Waals surface area contributed by atoms with Gasteiger partial charge in [-0.05, 0) is 43.4 Å². The van der Waals surface area contributed by atoms with Gasteiger partial charge in [0.25, 0.3) is 0 Å². The number of thioether (sulfide) groups is 1. The second-order valence-corrected chi connectivity index (χ2v) is 6.63. The molecular formula is C18H18N4O2S. The van der Waals surface area contributed by atoms with E-state index in [1.807, 2.05) is 0 Å². The molecule has 2 heterocycles. The van der Waals surface area contributed by atoms with Gasteiger partial charge in [0, 0.05) is 29.3 Å². The Balaban J connectivity index is 1.42. The highest BCUT2D eigenvalue weighted by Gasteiger charge is 2.11. The van der Waals surface area contributed by atoms with Crippen LogP contribution in [-0.4, -0.2) is 26.8 Å². The van der Waals surface area contributed by atoms with Crippen molar-refractivity contribution in [1.82, 2.24) is 15.2 Å². The number of hydrogen-bond acceptors (Lipinski definition) is 6. The molecule has 0 unspecified atom stereocenters. The molecule has 7 heteroatoms. The summed E-state index contributed by atoms with van der Waals surface area (Å²) >= 11 is 1.74. The van der Waals surface area contributed by atoms with E-state index in [4.69, 9.17) is 4.42 Å². The van der Waals surface area contributed by atoms with Crippen molar-refractivity contribution in [2.45, 2.75) is 24.7 Å². The summed E-state index contributed by atoms with van der Waals surface area (Å²) in [5.41, 5.74) is 2.01. The fraction of sp³-hybridized carbons (Fsp3) is 0.222. The second kappa shape index (κ2) is 8.43. The maximum Gasteiger partial charge on any atom is 0.322 e. The number of pyridine rings is 1. The first-order valence-corrected chi connectivity index (χ1v) is 8.92. The molecule has 6 nitrogen and oxygen atoms in total. The standard InChI is InChI=1S/C18H18N4O2S/c1-13-4-6-15(7-5-13)25-12-2-3-16(23)20-18-22-21-17(24-18)14-8-10-19-11-9-14/h4-11H,2-3,12H2,1H3,(H,20,22,23). The van der Waals surface area contributed by atoms with Crippen molar-refractivity contribution in [3.05, 3.63) is 54.4 Å². The lowest BCUT2D eigenvalue weighted by atomic mass is 10.2. The third-order valence-corrected chi connectivity index (χ3v) is 4.53. The molecule has 1 aromatic carbocycles. The quantitative estimate of drug-likeness (QED) is 0.511. The van der Waals surface area contributed by atoms with Crippen molar-refractivity contribution in [3.8, 4) is 11.5 Å². The molecule has 0 spiro atoms. The third-order valence-electron chi connectivity index (χ3n) is 3.44. The van der Waals surface area contributed by atoms with Crippen LogP contribution in [0.25, 0.3) is 11.5 Å². The van der Waals surface area contributed by atoms with Crippen LogP contribution in [0.4, 0.5) is 6.01 Å². The van der Waals surface area contributed by atoms with E-state index < -0.39 is 0 Å². The van der Waals surface area contributed by atoms with Gasteiger partial charge in [-0.15, -0.1) is 16.9 Å². The van der Waals surface area contributed by atoms with Crippen LogP contribution in [0.15, 0.2) is 58.1 Å². The lowest BCUT2D eigenvalue weighted by molar-refractivity contribution is -0.116. The van der Waals surface area contributed by atoms with Crippen molar-refractivity contribution in [2.75, 3.05) is 11.1 Å². The predicted octanol–water partition coefficient (Wildman–Crippen LogP) is 3.95. The zero-order valence-electron chi connectivity index (χ0n) is 13.8. The number of aromatic nitrogens is 3. The van der Waals surface area contributed by atoms with Crippen molar-refractivity contribution >= 4 is 23.7 Å². The highest BCUT2D eigenvalue weighted by Crippen LogP contribution is 2.20. The zero-order valence-corrected chi connectivity index (χ0v) is 14.6. The number of amides is 1. The van der Waals surface area contributed by atoms with Crippen LogP contribution in [0, 0.1) is 6.92 Å². The molecule has 2 aromatic heterocycles. The average molecular weight is 354 g/mol. The molecule has 3 rings (SSSR count). The fourth-order valence-corrected chi connectivity index (χ4v) is 2.98. The Morgan fingerprint density at radius 3 is 2.64 bits per heavy atom. The van der Waals surface area contributed by atoms with Gasteiger partial charge in [0.2, 0.25) is 11.8 Å². The smallest absolute Gasteiger partial charge is 0.322 e. The van der Waals surface area contributed by atoms with E-state index in [9.17, 15) is 4.79 Å². The number of anilines is 1. The van der Waals surface area contributed by atoms with E-state index in [-0.39, 0.29) is 11.9 Å². The highest BCUT2D eigenvalue weighted by molar-refractivity contribution is 7.99. The molecule has 0 saturated carbocycles. The molecule has 0 aliphatic heterocycles. The molecule has 0 aliphatic rings. The Bertz CT molecular complexity index is 819. The van der Waals surface area contributed by atoms with Gasteiger partial charge in [-0.2, -0.15) is 0 Å². The lowest BCUT2D eigenvalue weighted by Crippen LogP contribution is -2.11. The van der Waals surface area contributed by atoms with Crippen molar-refractivity contribution in [2.24, 2.45) is 0 Å². The van der Waals surface area contributed by atoms with Gasteiger partial charge in [0.1, 0.15) is 0 Å². The molecule has 3 aromatic rings. The van der Waals surface area contributed by atoms with Crippen LogP contribution in [0.1, 0.15) is 18.4 Å². The molecule has 1 N–H and O–H groups in total. The molecule has 0 atom stereocenters. The summed E-state index contributed by atoms with van der Waals surface area (Å²) in [4.78, 5) is 17.1. The number of rotatable bonds is 7. The van der Waals surface area contributed by atoms with Crippen LogP contribution in [0.5, 0.6) is 0 Å². The molecular weight excluding hydrogens is 336 g/mol. The van der Waals surface area contributed by atoms with Crippen LogP contribution in [-0.2, 0) is 4.79 Å². The number of aryl methyl sites for hydroxylation is 1. The number of carbonyl (C=O) groups excluding carboxylic acids is 1. The van der Waals surface area contributed by atoms with Crippen LogP contribution in [0.3, 0.4) is 0 Å². The molecule has 25 heavy (non-hydrogen) atoms. The fourth-order valence-electron chi connectivity index (χ4n) is 2.12. The lowest BCUT2D eigenvalue weighted by Gasteiger charge is -2.02. The molecule has 0 aliphatic carbocycles. The van der Waals surface area contributed by atoms with Crippen LogP contribution >= 0.6 is 11.8 Å². The summed E-state index contributed by atoms with van der Waals surface area (Å²) < 4.78 is 5.44. The number of nitrogens with one attached hydrogen (secondary N) is 1. The van der Waals surface area contributed by atoms with Gasteiger partial charge in [-0.3, -0.25) is 15.1 Å². The summed E-state index contributed by atoms with van der Waals surface area (Å²) in [5, 5.41) is 10.4. The Kier molecular flexibility index (Phi) is 5.79. The first kappa shape index (κ1) is 17.2.